The number of thiazole rings is 1. The summed E-state index contributed by atoms with van der Waals surface area (Å²) in [5, 5.41) is 10.4. The van der Waals surface area contributed by atoms with Crippen molar-refractivity contribution in [2.75, 3.05) is 19.8 Å². The lowest BCUT2D eigenvalue weighted by molar-refractivity contribution is -0.143. The predicted molar refractivity (Wildman–Crippen MR) is 78.1 cm³/mol. The molecule has 0 saturated carbocycles. The van der Waals surface area contributed by atoms with E-state index in [1.807, 2.05) is 13.8 Å². The molecular formula is C14H22N2O3S. The number of aryl methyl sites for hydroxylation is 2. The van der Waals surface area contributed by atoms with Crippen LogP contribution in [0.25, 0.3) is 0 Å². The van der Waals surface area contributed by atoms with Gasteiger partial charge in [0.1, 0.15) is 0 Å². The van der Waals surface area contributed by atoms with Gasteiger partial charge in [0.15, 0.2) is 0 Å². The first-order chi connectivity index (χ1) is 9.45. The average molecular weight is 298 g/mol. The summed E-state index contributed by atoms with van der Waals surface area (Å²) in [4.78, 5) is 19.3. The normalized spacial score (nSPS) is 24.2. The standard InChI is InChI=1S/C14H22N2O3S/c1-5-16(12-7-19-6-11(12)14(17)18)9(3)13-8(2)15-10(4)20-13/h9,11-12H,5-7H2,1-4H3,(H,17,18). The SMILES string of the molecule is CCN(C(C)c1sc(C)nc1C)C1COCC1C(=O)O. The van der Waals surface area contributed by atoms with Crippen molar-refractivity contribution < 1.29 is 14.6 Å². The monoisotopic (exact) mass is 298 g/mol. The number of nitrogens with zero attached hydrogens (tertiary/aromatic N) is 2. The Balaban J connectivity index is 2.23. The van der Waals surface area contributed by atoms with E-state index < -0.39 is 11.9 Å². The van der Waals surface area contributed by atoms with Crippen molar-refractivity contribution in [2.45, 2.75) is 39.8 Å². The maximum absolute atomic E-state index is 11.3. The summed E-state index contributed by atoms with van der Waals surface area (Å²) in [6.07, 6.45) is 0. The first-order valence-corrected chi connectivity index (χ1v) is 7.77. The fourth-order valence-corrected chi connectivity index (χ4v) is 3.99. The van der Waals surface area contributed by atoms with Crippen LogP contribution >= 0.6 is 11.3 Å². The molecule has 1 aromatic rings. The van der Waals surface area contributed by atoms with Gasteiger partial charge in [0, 0.05) is 17.0 Å². The third kappa shape index (κ3) is 2.87. The van der Waals surface area contributed by atoms with Gasteiger partial charge in [-0.2, -0.15) is 0 Å². The molecule has 0 bridgehead atoms. The molecule has 1 aliphatic rings. The number of hydrogen-bond acceptors (Lipinski definition) is 5. The molecule has 5 nitrogen and oxygen atoms in total. The molecule has 1 fully saturated rings. The third-order valence-corrected chi connectivity index (χ3v) is 5.22. The van der Waals surface area contributed by atoms with E-state index in [1.165, 1.54) is 4.88 Å². The maximum Gasteiger partial charge on any atom is 0.310 e. The first kappa shape index (κ1) is 15.4. The maximum atomic E-state index is 11.3. The van der Waals surface area contributed by atoms with E-state index in [4.69, 9.17) is 4.74 Å². The highest BCUT2D eigenvalue weighted by Gasteiger charge is 2.39. The summed E-state index contributed by atoms with van der Waals surface area (Å²) in [6, 6.07) is 0.106. The topological polar surface area (TPSA) is 62.7 Å². The van der Waals surface area contributed by atoms with Crippen LogP contribution in [0.3, 0.4) is 0 Å². The molecule has 1 aromatic heterocycles. The highest BCUT2D eigenvalue weighted by molar-refractivity contribution is 7.11. The molecule has 0 radical (unpaired) electrons. The van der Waals surface area contributed by atoms with Gasteiger partial charge in [-0.25, -0.2) is 4.98 Å². The number of carbonyl (C=O) groups is 1. The second-order valence-electron chi connectivity index (χ2n) is 5.24. The molecule has 112 valence electrons. The molecule has 20 heavy (non-hydrogen) atoms. The van der Waals surface area contributed by atoms with Crippen LogP contribution in [0.2, 0.25) is 0 Å². The van der Waals surface area contributed by atoms with E-state index in [2.05, 4.69) is 23.7 Å². The van der Waals surface area contributed by atoms with Crippen LogP contribution < -0.4 is 0 Å². The molecule has 0 aliphatic carbocycles. The Morgan fingerprint density at radius 1 is 1.55 bits per heavy atom. The largest absolute Gasteiger partial charge is 0.481 e. The Morgan fingerprint density at radius 3 is 2.75 bits per heavy atom. The average Bonchev–Trinajstić information content (AvgIpc) is 2.97. The second-order valence-corrected chi connectivity index (χ2v) is 6.47. The van der Waals surface area contributed by atoms with Gasteiger partial charge in [-0.3, -0.25) is 9.69 Å². The van der Waals surface area contributed by atoms with Gasteiger partial charge in [0.05, 0.1) is 29.8 Å². The zero-order valence-electron chi connectivity index (χ0n) is 12.4. The summed E-state index contributed by atoms with van der Waals surface area (Å²) in [6.45, 7) is 9.81. The number of likely N-dealkylation sites (N-methyl/N-ethyl adjacent to an activating group) is 1. The quantitative estimate of drug-likeness (QED) is 0.903. The van der Waals surface area contributed by atoms with Crippen LogP contribution in [0.5, 0.6) is 0 Å². The van der Waals surface area contributed by atoms with E-state index in [9.17, 15) is 9.90 Å². The minimum atomic E-state index is -0.768. The van der Waals surface area contributed by atoms with Crippen LogP contribution in [-0.2, 0) is 9.53 Å². The Bertz CT molecular complexity index is 489. The van der Waals surface area contributed by atoms with Gasteiger partial charge in [0.2, 0.25) is 0 Å². The summed E-state index contributed by atoms with van der Waals surface area (Å²) >= 11 is 1.69. The van der Waals surface area contributed by atoms with Crippen molar-refractivity contribution in [3.05, 3.63) is 15.6 Å². The Labute approximate surface area is 123 Å². The smallest absolute Gasteiger partial charge is 0.310 e. The van der Waals surface area contributed by atoms with Gasteiger partial charge in [0.25, 0.3) is 0 Å². The van der Waals surface area contributed by atoms with E-state index in [0.717, 1.165) is 17.2 Å². The molecule has 1 N–H and O–H groups in total. The molecule has 1 saturated heterocycles. The molecule has 2 rings (SSSR count). The Morgan fingerprint density at radius 2 is 2.25 bits per heavy atom. The summed E-state index contributed by atoms with van der Waals surface area (Å²) < 4.78 is 5.40. The van der Waals surface area contributed by atoms with Crippen LogP contribution in [0.15, 0.2) is 0 Å². The van der Waals surface area contributed by atoms with Gasteiger partial charge in [-0.1, -0.05) is 6.92 Å². The van der Waals surface area contributed by atoms with Crippen molar-refractivity contribution in [1.29, 1.82) is 0 Å². The van der Waals surface area contributed by atoms with Gasteiger partial charge >= 0.3 is 5.97 Å². The van der Waals surface area contributed by atoms with Crippen LogP contribution in [0, 0.1) is 19.8 Å². The number of hydrogen-bond donors (Lipinski definition) is 1. The number of carboxylic acid groups (broad SMARTS) is 1. The molecule has 6 heteroatoms. The molecule has 1 aliphatic heterocycles. The Kier molecular flexibility index (Phi) is 4.78. The minimum Gasteiger partial charge on any atom is -0.481 e. The highest BCUT2D eigenvalue weighted by atomic mass is 32.1. The van der Waals surface area contributed by atoms with E-state index in [0.29, 0.717) is 13.2 Å². The number of aromatic nitrogens is 1. The summed E-state index contributed by atoms with van der Waals surface area (Å²) in [7, 11) is 0. The minimum absolute atomic E-state index is 0.0608. The van der Waals surface area contributed by atoms with Crippen LogP contribution in [0.4, 0.5) is 0 Å². The first-order valence-electron chi connectivity index (χ1n) is 6.95. The van der Waals surface area contributed by atoms with E-state index >= 15 is 0 Å². The lowest BCUT2D eigenvalue weighted by Gasteiger charge is -2.34. The molecule has 3 atom stereocenters. The Hall–Kier alpha value is -0.980. The zero-order valence-corrected chi connectivity index (χ0v) is 13.2. The summed E-state index contributed by atoms with van der Waals surface area (Å²) in [5.74, 6) is -1.21. The number of aliphatic carboxylic acids is 1. The van der Waals surface area contributed by atoms with Crippen molar-refractivity contribution in [2.24, 2.45) is 5.92 Å². The predicted octanol–water partition coefficient (Wildman–Crippen LogP) is 2.24. The molecule has 2 heterocycles. The van der Waals surface area contributed by atoms with Crippen molar-refractivity contribution >= 4 is 17.3 Å². The van der Waals surface area contributed by atoms with Crippen molar-refractivity contribution in [3.63, 3.8) is 0 Å². The fraction of sp³-hybridized carbons (Fsp3) is 0.714. The van der Waals surface area contributed by atoms with Gasteiger partial charge in [-0.15, -0.1) is 11.3 Å². The zero-order chi connectivity index (χ0) is 14.9. The number of rotatable bonds is 5. The van der Waals surface area contributed by atoms with Crippen LogP contribution in [-0.4, -0.2) is 46.8 Å². The molecule has 0 amide bonds. The van der Waals surface area contributed by atoms with E-state index in [-0.39, 0.29) is 12.1 Å². The number of carboxylic acids is 1. The molecule has 0 aromatic carbocycles. The molecular weight excluding hydrogens is 276 g/mol. The summed E-state index contributed by atoms with van der Waals surface area (Å²) in [5.41, 5.74) is 1.05. The molecule has 0 spiro atoms. The molecule has 3 unspecified atom stereocenters. The third-order valence-electron chi connectivity index (χ3n) is 3.98. The lowest BCUT2D eigenvalue weighted by atomic mass is 10.00. The number of ether oxygens (including phenoxy) is 1. The van der Waals surface area contributed by atoms with Crippen molar-refractivity contribution in [1.82, 2.24) is 9.88 Å². The van der Waals surface area contributed by atoms with Crippen LogP contribution in [0.1, 0.15) is 35.5 Å². The fourth-order valence-electron chi connectivity index (χ4n) is 2.99. The highest BCUT2D eigenvalue weighted by Crippen LogP contribution is 2.33. The van der Waals surface area contributed by atoms with Gasteiger partial charge < -0.3 is 9.84 Å². The van der Waals surface area contributed by atoms with Gasteiger partial charge in [-0.05, 0) is 27.3 Å². The van der Waals surface area contributed by atoms with E-state index in [1.54, 1.807) is 11.3 Å². The lowest BCUT2D eigenvalue weighted by Crippen LogP contribution is -2.44. The second kappa shape index (κ2) is 6.20. The van der Waals surface area contributed by atoms with Crippen molar-refractivity contribution in [3.8, 4) is 0 Å².